The van der Waals surface area contributed by atoms with Crippen molar-refractivity contribution in [1.82, 2.24) is 5.32 Å². The van der Waals surface area contributed by atoms with Crippen molar-refractivity contribution in [3.63, 3.8) is 0 Å². The van der Waals surface area contributed by atoms with Crippen molar-refractivity contribution in [2.45, 2.75) is 13.3 Å². The van der Waals surface area contributed by atoms with Crippen LogP contribution < -0.4 is 15.3 Å². The number of ether oxygens (including phenoxy) is 1. The van der Waals surface area contributed by atoms with E-state index in [4.69, 9.17) is 4.74 Å². The summed E-state index contributed by atoms with van der Waals surface area (Å²) in [6.45, 7) is 3.99. The molecule has 1 aromatic rings. The Kier molecular flexibility index (Phi) is 10.6. The lowest BCUT2D eigenvalue weighted by Gasteiger charge is -2.07. The molecule has 0 aliphatic carbocycles. The van der Waals surface area contributed by atoms with E-state index in [0.717, 1.165) is 13.0 Å². The Morgan fingerprint density at radius 1 is 1.24 bits per heavy atom. The minimum absolute atomic E-state index is 0.220. The summed E-state index contributed by atoms with van der Waals surface area (Å²) in [5, 5.41) is 12.8. The molecule has 0 aromatic heterocycles. The molecule has 1 rings (SSSR count). The number of carboxylic acid groups (broad SMARTS) is 1. The Hall–Kier alpha value is -2.08. The number of carbonyl (C=O) groups excluding carboxylic acids is 2. The summed E-state index contributed by atoms with van der Waals surface area (Å²) in [6, 6.07) is 8.06. The number of hydrogen-bond donors (Lipinski definition) is 2. The van der Waals surface area contributed by atoms with Gasteiger partial charge in [-0.1, -0.05) is 30.3 Å². The minimum Gasteiger partial charge on any atom is -0.545 e. The largest absolute Gasteiger partial charge is 0.545 e. The van der Waals surface area contributed by atoms with Crippen molar-refractivity contribution in [2.24, 2.45) is 0 Å². The van der Waals surface area contributed by atoms with Crippen molar-refractivity contribution in [3.05, 3.63) is 35.9 Å². The number of amides is 1. The van der Waals surface area contributed by atoms with Gasteiger partial charge in [0.15, 0.2) is 0 Å². The minimum atomic E-state index is -1.13. The van der Waals surface area contributed by atoms with E-state index >= 15 is 0 Å². The SMILES string of the molecule is CCOC(=O)NCCC[NH+](C)C.O=C([O-])c1ccccc1. The molecular weight excluding hydrogens is 272 g/mol. The molecule has 1 aromatic carbocycles. The van der Waals surface area contributed by atoms with Crippen LogP contribution in [-0.2, 0) is 4.74 Å². The average Bonchev–Trinajstić information content (AvgIpc) is 2.45. The number of benzene rings is 1. The van der Waals surface area contributed by atoms with Gasteiger partial charge in [0.1, 0.15) is 0 Å². The predicted octanol–water partition coefficient (Wildman–Crippen LogP) is -0.683. The van der Waals surface area contributed by atoms with Crippen LogP contribution in [0.1, 0.15) is 23.7 Å². The van der Waals surface area contributed by atoms with Crippen molar-refractivity contribution in [2.75, 3.05) is 33.8 Å². The summed E-state index contributed by atoms with van der Waals surface area (Å²) in [5.74, 6) is -1.13. The van der Waals surface area contributed by atoms with E-state index in [1.807, 2.05) is 0 Å². The zero-order valence-corrected chi connectivity index (χ0v) is 12.8. The van der Waals surface area contributed by atoms with Gasteiger partial charge in [-0.25, -0.2) is 4.79 Å². The van der Waals surface area contributed by atoms with Crippen molar-refractivity contribution < 1.29 is 24.3 Å². The van der Waals surface area contributed by atoms with Gasteiger partial charge in [-0.2, -0.15) is 0 Å². The van der Waals surface area contributed by atoms with Crippen LogP contribution in [0.25, 0.3) is 0 Å². The van der Waals surface area contributed by atoms with Crippen LogP contribution in [0.4, 0.5) is 4.79 Å². The number of aromatic carboxylic acids is 1. The summed E-state index contributed by atoms with van der Waals surface area (Å²) in [6.07, 6.45) is 0.674. The molecule has 0 atom stereocenters. The van der Waals surface area contributed by atoms with Crippen LogP contribution >= 0.6 is 0 Å². The number of nitrogens with one attached hydrogen (secondary N) is 2. The zero-order valence-electron chi connectivity index (χ0n) is 12.8. The number of hydrogen-bond acceptors (Lipinski definition) is 4. The molecule has 0 heterocycles. The van der Waals surface area contributed by atoms with Crippen LogP contribution in [0.5, 0.6) is 0 Å². The number of carbonyl (C=O) groups is 2. The Morgan fingerprint density at radius 2 is 1.86 bits per heavy atom. The highest BCUT2D eigenvalue weighted by molar-refractivity contribution is 5.85. The zero-order chi connectivity index (χ0) is 16.1. The summed E-state index contributed by atoms with van der Waals surface area (Å²) in [5.41, 5.74) is 0.220. The van der Waals surface area contributed by atoms with Crippen LogP contribution in [0.2, 0.25) is 0 Å². The summed E-state index contributed by atoms with van der Waals surface area (Å²) >= 11 is 0. The number of quaternary nitrogens is 1. The average molecular weight is 296 g/mol. The van der Waals surface area contributed by atoms with Gasteiger partial charge in [-0.05, 0) is 12.5 Å². The predicted molar refractivity (Wildman–Crippen MR) is 78.1 cm³/mol. The first-order valence-corrected chi connectivity index (χ1v) is 6.93. The van der Waals surface area contributed by atoms with Gasteiger partial charge >= 0.3 is 6.09 Å². The van der Waals surface area contributed by atoms with Gasteiger partial charge < -0.3 is 24.9 Å². The molecule has 6 heteroatoms. The molecule has 0 radical (unpaired) electrons. The van der Waals surface area contributed by atoms with E-state index in [0.29, 0.717) is 13.2 Å². The summed E-state index contributed by atoms with van der Waals surface area (Å²) in [4.78, 5) is 22.2. The van der Waals surface area contributed by atoms with Crippen molar-refractivity contribution in [1.29, 1.82) is 0 Å². The maximum atomic E-state index is 10.7. The Balaban J connectivity index is 0.000000394. The summed E-state index contributed by atoms with van der Waals surface area (Å²) in [7, 11) is 4.18. The molecule has 0 spiro atoms. The molecular formula is C15H24N2O4. The van der Waals surface area contributed by atoms with Crippen molar-refractivity contribution >= 4 is 12.1 Å². The molecule has 6 nitrogen and oxygen atoms in total. The van der Waals surface area contributed by atoms with E-state index in [1.165, 1.54) is 17.0 Å². The van der Waals surface area contributed by atoms with Gasteiger partial charge in [0, 0.05) is 13.0 Å². The van der Waals surface area contributed by atoms with Gasteiger partial charge in [-0.15, -0.1) is 0 Å². The molecule has 0 aliphatic rings. The molecule has 0 unspecified atom stereocenters. The van der Waals surface area contributed by atoms with Crippen LogP contribution in [-0.4, -0.2) is 45.9 Å². The standard InChI is InChI=1S/C8H18N2O2.C7H6O2/c1-4-12-8(11)9-6-5-7-10(2)3;8-7(9)6-4-2-1-3-5-6/h4-7H2,1-3H3,(H,9,11);1-5H,(H,8,9). The third-order valence-electron chi connectivity index (χ3n) is 2.41. The number of rotatable bonds is 6. The maximum absolute atomic E-state index is 10.7. The lowest BCUT2D eigenvalue weighted by Crippen LogP contribution is -3.05. The fraction of sp³-hybridized carbons (Fsp3) is 0.467. The first-order chi connectivity index (χ1) is 9.97. The molecule has 0 aliphatic heterocycles. The Labute approximate surface area is 125 Å². The highest BCUT2D eigenvalue weighted by atomic mass is 16.5. The van der Waals surface area contributed by atoms with E-state index in [-0.39, 0.29) is 11.7 Å². The molecule has 21 heavy (non-hydrogen) atoms. The fourth-order valence-corrected chi connectivity index (χ4v) is 1.39. The van der Waals surface area contributed by atoms with Gasteiger partial charge in [0.25, 0.3) is 0 Å². The quantitative estimate of drug-likeness (QED) is 0.681. The molecule has 118 valence electrons. The monoisotopic (exact) mass is 296 g/mol. The highest BCUT2D eigenvalue weighted by Crippen LogP contribution is 1.94. The van der Waals surface area contributed by atoms with Crippen LogP contribution in [0.3, 0.4) is 0 Å². The molecule has 1 amide bonds. The van der Waals surface area contributed by atoms with E-state index in [9.17, 15) is 14.7 Å². The Bertz CT molecular complexity index is 407. The van der Waals surface area contributed by atoms with Gasteiger partial charge in [0.2, 0.25) is 0 Å². The first kappa shape index (κ1) is 18.9. The first-order valence-electron chi connectivity index (χ1n) is 6.93. The molecule has 0 bridgehead atoms. The van der Waals surface area contributed by atoms with Gasteiger partial charge in [0.05, 0.1) is 33.2 Å². The number of alkyl carbamates (subject to hydrolysis) is 1. The maximum Gasteiger partial charge on any atom is 0.407 e. The topological polar surface area (TPSA) is 82.9 Å². The smallest absolute Gasteiger partial charge is 0.407 e. The molecule has 0 saturated heterocycles. The second-order valence-electron chi connectivity index (χ2n) is 4.61. The second kappa shape index (κ2) is 11.7. The lowest BCUT2D eigenvalue weighted by atomic mass is 10.2. The van der Waals surface area contributed by atoms with E-state index in [2.05, 4.69) is 19.4 Å². The van der Waals surface area contributed by atoms with E-state index in [1.54, 1.807) is 25.1 Å². The summed E-state index contributed by atoms with van der Waals surface area (Å²) < 4.78 is 4.69. The molecule has 0 saturated carbocycles. The van der Waals surface area contributed by atoms with Crippen molar-refractivity contribution in [3.8, 4) is 0 Å². The molecule has 0 fully saturated rings. The highest BCUT2D eigenvalue weighted by Gasteiger charge is 1.99. The Morgan fingerprint density at radius 3 is 2.29 bits per heavy atom. The number of carboxylic acids is 1. The third-order valence-corrected chi connectivity index (χ3v) is 2.41. The lowest BCUT2D eigenvalue weighted by molar-refractivity contribution is -0.858. The fourth-order valence-electron chi connectivity index (χ4n) is 1.39. The van der Waals surface area contributed by atoms with E-state index < -0.39 is 5.97 Å². The van der Waals surface area contributed by atoms with Gasteiger partial charge in [-0.3, -0.25) is 0 Å². The normalized spacial score (nSPS) is 9.52. The third kappa shape index (κ3) is 11.4. The van der Waals surface area contributed by atoms with Crippen LogP contribution in [0, 0.1) is 0 Å². The van der Waals surface area contributed by atoms with Crippen LogP contribution in [0.15, 0.2) is 30.3 Å². The molecule has 2 N–H and O–H groups in total. The second-order valence-corrected chi connectivity index (χ2v) is 4.61.